The zero-order valence-corrected chi connectivity index (χ0v) is 13.6. The van der Waals surface area contributed by atoms with Crippen molar-refractivity contribution in [3.8, 4) is 5.75 Å². The van der Waals surface area contributed by atoms with Crippen molar-refractivity contribution in [2.45, 2.75) is 6.54 Å². The first-order valence-corrected chi connectivity index (χ1v) is 7.82. The molecule has 7 nitrogen and oxygen atoms in total. The van der Waals surface area contributed by atoms with Crippen LogP contribution < -0.4 is 15.0 Å². The fourth-order valence-electron chi connectivity index (χ4n) is 2.39. The third-order valence-corrected chi connectivity index (χ3v) is 3.81. The number of morpholine rings is 1. The van der Waals surface area contributed by atoms with Crippen LogP contribution >= 0.6 is 0 Å². The molecule has 1 aliphatic rings. The monoisotopic (exact) mass is 328 g/mol. The van der Waals surface area contributed by atoms with Crippen molar-refractivity contribution in [3.05, 3.63) is 47.8 Å². The van der Waals surface area contributed by atoms with Gasteiger partial charge in [0.15, 0.2) is 0 Å². The van der Waals surface area contributed by atoms with E-state index >= 15 is 0 Å². The second-order valence-corrected chi connectivity index (χ2v) is 5.40. The summed E-state index contributed by atoms with van der Waals surface area (Å²) in [7, 11) is 1.62. The lowest BCUT2D eigenvalue weighted by Gasteiger charge is -2.26. The molecule has 0 spiro atoms. The highest BCUT2D eigenvalue weighted by Crippen LogP contribution is 2.12. The largest absolute Gasteiger partial charge is 0.497 e. The average Bonchev–Trinajstić information content (AvgIpc) is 2.67. The molecule has 2 aromatic rings. The third kappa shape index (κ3) is 3.99. The van der Waals surface area contributed by atoms with Crippen LogP contribution in [0.5, 0.6) is 5.75 Å². The van der Waals surface area contributed by atoms with Gasteiger partial charge in [0.05, 0.1) is 25.9 Å². The van der Waals surface area contributed by atoms with Gasteiger partial charge >= 0.3 is 0 Å². The number of hydrogen-bond acceptors (Lipinski definition) is 6. The topological polar surface area (TPSA) is 76.6 Å². The molecule has 1 saturated heterocycles. The summed E-state index contributed by atoms with van der Waals surface area (Å²) in [6.07, 6.45) is 3.11. The Balaban J connectivity index is 1.56. The Labute approximate surface area is 140 Å². The van der Waals surface area contributed by atoms with Crippen molar-refractivity contribution < 1.29 is 14.3 Å². The minimum atomic E-state index is -0.195. The molecule has 1 fully saturated rings. The maximum atomic E-state index is 12.2. The van der Waals surface area contributed by atoms with E-state index in [4.69, 9.17) is 9.47 Å². The Bertz CT molecular complexity index is 667. The van der Waals surface area contributed by atoms with Gasteiger partial charge in [-0.3, -0.25) is 4.79 Å². The van der Waals surface area contributed by atoms with Crippen LogP contribution in [0.3, 0.4) is 0 Å². The Kier molecular flexibility index (Phi) is 5.22. The second kappa shape index (κ2) is 7.74. The van der Waals surface area contributed by atoms with Crippen molar-refractivity contribution in [3.63, 3.8) is 0 Å². The average molecular weight is 328 g/mol. The van der Waals surface area contributed by atoms with Crippen molar-refractivity contribution in [1.29, 1.82) is 0 Å². The highest BCUT2D eigenvalue weighted by molar-refractivity contribution is 5.93. The van der Waals surface area contributed by atoms with Crippen molar-refractivity contribution in [2.75, 3.05) is 38.3 Å². The van der Waals surface area contributed by atoms with E-state index in [0.717, 1.165) is 24.4 Å². The maximum absolute atomic E-state index is 12.2. The quantitative estimate of drug-likeness (QED) is 0.890. The normalized spacial score (nSPS) is 14.3. The van der Waals surface area contributed by atoms with Crippen LogP contribution in [-0.4, -0.2) is 49.3 Å². The summed E-state index contributed by atoms with van der Waals surface area (Å²) >= 11 is 0. The van der Waals surface area contributed by atoms with E-state index in [1.807, 2.05) is 29.2 Å². The lowest BCUT2D eigenvalue weighted by Crippen LogP contribution is -2.37. The van der Waals surface area contributed by atoms with Crippen LogP contribution in [0.25, 0.3) is 0 Å². The lowest BCUT2D eigenvalue weighted by molar-refractivity contribution is 0.0950. The summed E-state index contributed by atoms with van der Waals surface area (Å²) in [5, 5.41) is 2.86. The first-order chi connectivity index (χ1) is 11.8. The van der Waals surface area contributed by atoms with Gasteiger partial charge in [-0.2, -0.15) is 0 Å². The molecule has 1 aromatic carbocycles. The molecule has 0 saturated carbocycles. The van der Waals surface area contributed by atoms with Crippen molar-refractivity contribution in [2.24, 2.45) is 0 Å². The van der Waals surface area contributed by atoms with Crippen molar-refractivity contribution >= 4 is 11.9 Å². The molecule has 0 unspecified atom stereocenters. The van der Waals surface area contributed by atoms with E-state index in [2.05, 4.69) is 15.3 Å². The van der Waals surface area contributed by atoms with Gasteiger partial charge in [0.1, 0.15) is 5.75 Å². The maximum Gasteiger partial charge on any atom is 0.254 e. The Hall–Kier alpha value is -2.67. The number of anilines is 1. The molecule has 1 aromatic heterocycles. The first kappa shape index (κ1) is 16.2. The zero-order valence-electron chi connectivity index (χ0n) is 13.6. The highest BCUT2D eigenvalue weighted by Gasteiger charge is 2.14. The summed E-state index contributed by atoms with van der Waals surface area (Å²) in [6.45, 7) is 3.32. The van der Waals surface area contributed by atoms with Crippen LogP contribution in [0.15, 0.2) is 36.7 Å². The predicted octanol–water partition coefficient (Wildman–Crippen LogP) is 1.25. The number of ether oxygens (including phenoxy) is 2. The highest BCUT2D eigenvalue weighted by atomic mass is 16.5. The van der Waals surface area contributed by atoms with Crippen LogP contribution in [0.4, 0.5) is 5.95 Å². The van der Waals surface area contributed by atoms with Crippen LogP contribution in [0, 0.1) is 0 Å². The number of rotatable bonds is 5. The van der Waals surface area contributed by atoms with E-state index in [9.17, 15) is 4.79 Å². The van der Waals surface area contributed by atoms with Gasteiger partial charge in [-0.05, 0) is 17.7 Å². The lowest BCUT2D eigenvalue weighted by atomic mass is 10.2. The van der Waals surface area contributed by atoms with Gasteiger partial charge in [-0.1, -0.05) is 12.1 Å². The molecule has 0 aliphatic carbocycles. The number of carbonyl (C=O) groups is 1. The molecule has 0 bridgehead atoms. The molecular weight excluding hydrogens is 308 g/mol. The summed E-state index contributed by atoms with van der Waals surface area (Å²) in [4.78, 5) is 22.8. The van der Waals surface area contributed by atoms with Gasteiger partial charge in [0, 0.05) is 32.0 Å². The Morgan fingerprint density at radius 2 is 1.88 bits per heavy atom. The number of carbonyl (C=O) groups excluding carboxylic acids is 1. The first-order valence-electron chi connectivity index (χ1n) is 7.82. The van der Waals surface area contributed by atoms with Gasteiger partial charge in [-0.25, -0.2) is 9.97 Å². The van der Waals surface area contributed by atoms with Gasteiger partial charge < -0.3 is 19.7 Å². The minimum absolute atomic E-state index is 0.195. The van der Waals surface area contributed by atoms with E-state index in [-0.39, 0.29) is 5.91 Å². The standard InChI is InChI=1S/C17H20N4O3/c1-23-15-4-2-13(3-5-15)10-18-16(22)14-11-19-17(20-12-14)21-6-8-24-9-7-21/h2-5,11-12H,6-10H2,1H3,(H,18,22). The number of methoxy groups -OCH3 is 1. The number of benzene rings is 1. The molecule has 1 N–H and O–H groups in total. The smallest absolute Gasteiger partial charge is 0.254 e. The second-order valence-electron chi connectivity index (χ2n) is 5.40. The fraction of sp³-hybridized carbons (Fsp3) is 0.353. The molecule has 1 aliphatic heterocycles. The van der Waals surface area contributed by atoms with E-state index < -0.39 is 0 Å². The molecule has 2 heterocycles. The summed E-state index contributed by atoms with van der Waals surface area (Å²) < 4.78 is 10.4. The fourth-order valence-corrected chi connectivity index (χ4v) is 2.39. The Morgan fingerprint density at radius 3 is 2.50 bits per heavy atom. The van der Waals surface area contributed by atoms with Gasteiger partial charge in [-0.15, -0.1) is 0 Å². The molecule has 3 rings (SSSR count). The Morgan fingerprint density at radius 1 is 1.21 bits per heavy atom. The molecule has 0 atom stereocenters. The van der Waals surface area contributed by atoms with Crippen molar-refractivity contribution in [1.82, 2.24) is 15.3 Å². The molecular formula is C17H20N4O3. The van der Waals surface area contributed by atoms with E-state index in [1.54, 1.807) is 19.5 Å². The number of nitrogens with one attached hydrogen (secondary N) is 1. The molecule has 0 radical (unpaired) electrons. The zero-order chi connectivity index (χ0) is 16.8. The summed E-state index contributed by atoms with van der Waals surface area (Å²) in [5.41, 5.74) is 1.44. The third-order valence-electron chi connectivity index (χ3n) is 3.81. The summed E-state index contributed by atoms with van der Waals surface area (Å²) in [6, 6.07) is 7.55. The van der Waals surface area contributed by atoms with E-state index in [0.29, 0.717) is 31.3 Å². The molecule has 1 amide bonds. The van der Waals surface area contributed by atoms with Crippen LogP contribution in [-0.2, 0) is 11.3 Å². The van der Waals surface area contributed by atoms with Crippen LogP contribution in [0.1, 0.15) is 15.9 Å². The number of aromatic nitrogens is 2. The predicted molar refractivity (Wildman–Crippen MR) is 89.2 cm³/mol. The molecule has 7 heteroatoms. The van der Waals surface area contributed by atoms with Gasteiger partial charge in [0.25, 0.3) is 5.91 Å². The number of hydrogen-bond donors (Lipinski definition) is 1. The summed E-state index contributed by atoms with van der Waals surface area (Å²) in [5.74, 6) is 1.22. The van der Waals surface area contributed by atoms with Crippen LogP contribution in [0.2, 0.25) is 0 Å². The minimum Gasteiger partial charge on any atom is -0.497 e. The molecule has 126 valence electrons. The number of amides is 1. The SMILES string of the molecule is COc1ccc(CNC(=O)c2cnc(N3CCOCC3)nc2)cc1. The van der Waals surface area contributed by atoms with Gasteiger partial charge in [0.2, 0.25) is 5.95 Å². The molecule has 24 heavy (non-hydrogen) atoms. The van der Waals surface area contributed by atoms with E-state index in [1.165, 1.54) is 0 Å². The number of nitrogens with zero attached hydrogens (tertiary/aromatic N) is 3.